The minimum Gasteiger partial charge on any atom is -0.396 e. The molecule has 0 aromatic heterocycles. The molecule has 104 valence electrons. The number of hydrogen-bond donors (Lipinski definition) is 3. The van der Waals surface area contributed by atoms with Crippen LogP contribution in [0, 0.1) is 35.0 Å². The lowest BCUT2D eigenvalue weighted by atomic mass is 9.73. The van der Waals surface area contributed by atoms with Gasteiger partial charge in [0.05, 0.1) is 11.7 Å². The van der Waals surface area contributed by atoms with Gasteiger partial charge in [0.1, 0.15) is 0 Å². The van der Waals surface area contributed by atoms with Crippen molar-refractivity contribution in [2.75, 3.05) is 6.61 Å². The van der Waals surface area contributed by atoms with Crippen molar-refractivity contribution in [3.63, 3.8) is 0 Å². The summed E-state index contributed by atoms with van der Waals surface area (Å²) in [5.74, 6) is 2.16. The second-order valence-electron chi connectivity index (χ2n) is 7.51. The van der Waals surface area contributed by atoms with Crippen LogP contribution in [0.3, 0.4) is 0 Å². The van der Waals surface area contributed by atoms with Gasteiger partial charge in [-0.05, 0) is 54.8 Å². The fourth-order valence-electron chi connectivity index (χ4n) is 5.28. The molecule has 0 bridgehead atoms. The van der Waals surface area contributed by atoms with Gasteiger partial charge in [0.2, 0.25) is 0 Å². The van der Waals surface area contributed by atoms with E-state index in [0.717, 1.165) is 12.8 Å². The number of aliphatic hydroxyl groups excluding tert-OH is 2. The van der Waals surface area contributed by atoms with E-state index in [1.54, 1.807) is 0 Å². The van der Waals surface area contributed by atoms with Gasteiger partial charge < -0.3 is 15.3 Å². The third-order valence-corrected chi connectivity index (χ3v) is 6.65. The summed E-state index contributed by atoms with van der Waals surface area (Å²) in [6, 6.07) is 0. The first kappa shape index (κ1) is 12.9. The Kier molecular flexibility index (Phi) is 2.66. The average molecular weight is 254 g/mol. The molecule has 3 aliphatic rings. The van der Waals surface area contributed by atoms with Gasteiger partial charge in [0, 0.05) is 6.61 Å². The van der Waals surface area contributed by atoms with Crippen LogP contribution in [0.1, 0.15) is 40.0 Å². The standard InChI is InChI=1S/C15H26O3/c1-8-4-5-9-12(8)13-10(14(13,2)7-16)6-11(17)15(9,3)18/h8-13,16-18H,4-7H2,1-3H3/t8-,9+,10-,11+,12-,13-,14+,15-/m0/s1. The highest BCUT2D eigenvalue weighted by Crippen LogP contribution is 2.71. The van der Waals surface area contributed by atoms with Gasteiger partial charge in [-0.1, -0.05) is 20.3 Å². The Morgan fingerprint density at radius 2 is 1.83 bits per heavy atom. The lowest BCUT2D eigenvalue weighted by Gasteiger charge is -2.38. The summed E-state index contributed by atoms with van der Waals surface area (Å²) in [7, 11) is 0. The van der Waals surface area contributed by atoms with Crippen molar-refractivity contribution < 1.29 is 15.3 Å². The number of fused-ring (bicyclic) bond motifs is 3. The van der Waals surface area contributed by atoms with Gasteiger partial charge in [-0.15, -0.1) is 0 Å². The molecule has 8 atom stereocenters. The van der Waals surface area contributed by atoms with Crippen LogP contribution in [0.5, 0.6) is 0 Å². The van der Waals surface area contributed by atoms with Gasteiger partial charge in [-0.2, -0.15) is 0 Å². The normalized spacial score (nSPS) is 63.0. The van der Waals surface area contributed by atoms with Crippen LogP contribution in [0.25, 0.3) is 0 Å². The molecule has 0 aromatic carbocycles. The van der Waals surface area contributed by atoms with E-state index in [4.69, 9.17) is 0 Å². The molecule has 3 aliphatic carbocycles. The smallest absolute Gasteiger partial charge is 0.0908 e. The summed E-state index contributed by atoms with van der Waals surface area (Å²) in [6.45, 7) is 6.45. The lowest BCUT2D eigenvalue weighted by Crippen LogP contribution is -2.48. The molecular formula is C15H26O3. The Morgan fingerprint density at radius 3 is 2.44 bits per heavy atom. The second kappa shape index (κ2) is 3.71. The van der Waals surface area contributed by atoms with Crippen LogP contribution in [0.15, 0.2) is 0 Å². The Balaban J connectivity index is 1.97. The monoisotopic (exact) mass is 254 g/mol. The lowest BCUT2D eigenvalue weighted by molar-refractivity contribution is -0.114. The van der Waals surface area contributed by atoms with Crippen LogP contribution in [0.4, 0.5) is 0 Å². The summed E-state index contributed by atoms with van der Waals surface area (Å²) in [6.07, 6.45) is 2.16. The average Bonchev–Trinajstić information content (AvgIpc) is 2.71. The van der Waals surface area contributed by atoms with Crippen LogP contribution >= 0.6 is 0 Å². The van der Waals surface area contributed by atoms with E-state index >= 15 is 0 Å². The van der Waals surface area contributed by atoms with E-state index in [0.29, 0.717) is 30.1 Å². The minimum atomic E-state index is -0.945. The molecule has 18 heavy (non-hydrogen) atoms. The summed E-state index contributed by atoms with van der Waals surface area (Å²) in [4.78, 5) is 0. The molecule has 3 saturated carbocycles. The zero-order valence-corrected chi connectivity index (χ0v) is 11.6. The summed E-state index contributed by atoms with van der Waals surface area (Å²) < 4.78 is 0. The summed E-state index contributed by atoms with van der Waals surface area (Å²) >= 11 is 0. The van der Waals surface area contributed by atoms with Gasteiger partial charge >= 0.3 is 0 Å². The highest BCUT2D eigenvalue weighted by molar-refractivity contribution is 5.18. The van der Waals surface area contributed by atoms with Crippen molar-refractivity contribution in [1.82, 2.24) is 0 Å². The first-order valence-electron chi connectivity index (χ1n) is 7.35. The molecule has 0 spiro atoms. The SMILES string of the molecule is C[C@H]1CC[C@@H]2[C@H]1[C@@H]1[C@H](C[C@@H](O)[C@@]2(C)O)[C@@]1(C)CO. The number of hydrogen-bond acceptors (Lipinski definition) is 3. The van der Waals surface area contributed by atoms with Crippen molar-refractivity contribution in [2.24, 2.45) is 35.0 Å². The maximum absolute atomic E-state index is 10.7. The highest BCUT2D eigenvalue weighted by Gasteiger charge is 2.70. The molecule has 0 aliphatic heterocycles. The Hall–Kier alpha value is -0.120. The quantitative estimate of drug-likeness (QED) is 0.663. The first-order chi connectivity index (χ1) is 8.34. The molecule has 0 heterocycles. The summed E-state index contributed by atoms with van der Waals surface area (Å²) in [5, 5.41) is 30.7. The van der Waals surface area contributed by atoms with Crippen LogP contribution in [-0.2, 0) is 0 Å². The molecular weight excluding hydrogens is 228 g/mol. The van der Waals surface area contributed by atoms with Crippen LogP contribution in [0.2, 0.25) is 0 Å². The number of aliphatic hydroxyl groups is 3. The van der Waals surface area contributed by atoms with Crippen LogP contribution < -0.4 is 0 Å². The van der Waals surface area contributed by atoms with Crippen molar-refractivity contribution in [3.8, 4) is 0 Å². The summed E-state index contributed by atoms with van der Waals surface area (Å²) in [5.41, 5.74) is -0.960. The third kappa shape index (κ3) is 1.41. The zero-order valence-electron chi connectivity index (χ0n) is 11.6. The predicted octanol–water partition coefficient (Wildman–Crippen LogP) is 1.41. The highest BCUT2D eigenvalue weighted by atomic mass is 16.3. The molecule has 0 aromatic rings. The molecule has 0 unspecified atom stereocenters. The number of rotatable bonds is 1. The largest absolute Gasteiger partial charge is 0.396 e. The van der Waals surface area contributed by atoms with E-state index in [1.807, 2.05) is 6.92 Å². The molecule has 3 heteroatoms. The van der Waals surface area contributed by atoms with Crippen LogP contribution in [-0.4, -0.2) is 33.6 Å². The Labute approximate surface area is 109 Å². The minimum absolute atomic E-state index is 0.0149. The molecule has 3 N–H and O–H groups in total. The predicted molar refractivity (Wildman–Crippen MR) is 68.8 cm³/mol. The van der Waals surface area contributed by atoms with Crippen molar-refractivity contribution in [3.05, 3.63) is 0 Å². The Morgan fingerprint density at radius 1 is 1.17 bits per heavy atom. The van der Waals surface area contributed by atoms with E-state index in [9.17, 15) is 15.3 Å². The third-order valence-electron chi connectivity index (χ3n) is 6.65. The Bertz CT molecular complexity index is 354. The van der Waals surface area contributed by atoms with E-state index < -0.39 is 11.7 Å². The molecule has 3 rings (SSSR count). The van der Waals surface area contributed by atoms with E-state index in [1.165, 1.54) is 0 Å². The van der Waals surface area contributed by atoms with Crippen molar-refractivity contribution in [2.45, 2.75) is 51.7 Å². The molecule has 0 radical (unpaired) electrons. The topological polar surface area (TPSA) is 60.7 Å². The maximum Gasteiger partial charge on any atom is 0.0908 e. The maximum atomic E-state index is 10.7. The molecule has 0 amide bonds. The van der Waals surface area contributed by atoms with Gasteiger partial charge in [0.25, 0.3) is 0 Å². The molecule has 0 saturated heterocycles. The van der Waals surface area contributed by atoms with Gasteiger partial charge in [-0.3, -0.25) is 0 Å². The van der Waals surface area contributed by atoms with Gasteiger partial charge in [-0.25, -0.2) is 0 Å². The second-order valence-corrected chi connectivity index (χ2v) is 7.51. The fourth-order valence-corrected chi connectivity index (χ4v) is 5.28. The zero-order chi connectivity index (χ0) is 13.3. The van der Waals surface area contributed by atoms with Gasteiger partial charge in [0.15, 0.2) is 0 Å². The van der Waals surface area contributed by atoms with Crippen molar-refractivity contribution >= 4 is 0 Å². The van der Waals surface area contributed by atoms with Crippen molar-refractivity contribution in [1.29, 1.82) is 0 Å². The van der Waals surface area contributed by atoms with E-state index in [-0.39, 0.29) is 17.9 Å². The molecule has 3 nitrogen and oxygen atoms in total. The molecule has 3 fully saturated rings. The fraction of sp³-hybridized carbons (Fsp3) is 1.00. The van der Waals surface area contributed by atoms with E-state index in [2.05, 4.69) is 13.8 Å². The first-order valence-corrected chi connectivity index (χ1v) is 7.35.